The van der Waals surface area contributed by atoms with Crippen molar-refractivity contribution in [1.82, 2.24) is 24.5 Å². The van der Waals surface area contributed by atoms with Crippen LogP contribution in [0.1, 0.15) is 23.5 Å². The number of aromatic nitrogens is 5. The molecule has 0 fully saturated rings. The molecule has 0 saturated heterocycles. The van der Waals surface area contributed by atoms with Crippen LogP contribution in [0.15, 0.2) is 24.4 Å². The lowest BCUT2D eigenvalue weighted by Gasteiger charge is -2.03. The topological polar surface area (TPSA) is 48.5 Å². The van der Waals surface area contributed by atoms with Gasteiger partial charge in [-0.15, -0.1) is 10.2 Å². The number of halogens is 2. The van der Waals surface area contributed by atoms with E-state index in [1.807, 2.05) is 30.5 Å². The summed E-state index contributed by atoms with van der Waals surface area (Å²) in [6.07, 6.45) is -1.27. The molecule has 0 aromatic carbocycles. The highest BCUT2D eigenvalue weighted by Crippen LogP contribution is 2.26. The highest BCUT2D eigenvalue weighted by Gasteiger charge is 2.18. The van der Waals surface area contributed by atoms with Crippen LogP contribution in [0.5, 0.6) is 0 Å². The van der Waals surface area contributed by atoms with Crippen molar-refractivity contribution in [3.63, 3.8) is 0 Å². The van der Waals surface area contributed by atoms with Crippen molar-refractivity contribution >= 4 is 11.3 Å². The molecule has 0 unspecified atom stereocenters. The number of nitrogens with zero attached hydrogens (tertiary/aromatic N) is 5. The number of alkyl halides is 2. The van der Waals surface area contributed by atoms with Gasteiger partial charge >= 0.3 is 0 Å². The Morgan fingerprint density at radius 2 is 1.70 bits per heavy atom. The summed E-state index contributed by atoms with van der Waals surface area (Å²) in [4.78, 5) is 0. The standard InChI is InChI=1S/C12H11F2N5S/c1-7-3-4-8(2)18(7)11-16-17-12(20-11)19-9(10(13)14)5-6-15-19/h3-6,10H,1-2H3. The van der Waals surface area contributed by atoms with Gasteiger partial charge in [0.05, 0.1) is 0 Å². The Balaban J connectivity index is 2.05. The third kappa shape index (κ3) is 2.01. The first-order valence-electron chi connectivity index (χ1n) is 5.89. The molecule has 0 spiro atoms. The largest absolute Gasteiger partial charge is 0.293 e. The third-order valence-corrected chi connectivity index (χ3v) is 3.83. The Kier molecular flexibility index (Phi) is 3.09. The Bertz CT molecular complexity index is 723. The Morgan fingerprint density at radius 1 is 1.05 bits per heavy atom. The molecule has 3 aromatic heterocycles. The Morgan fingerprint density at radius 3 is 2.35 bits per heavy atom. The fourth-order valence-electron chi connectivity index (χ4n) is 1.99. The van der Waals surface area contributed by atoms with E-state index in [0.29, 0.717) is 10.3 Å². The van der Waals surface area contributed by atoms with Crippen LogP contribution in [0.2, 0.25) is 0 Å². The summed E-state index contributed by atoms with van der Waals surface area (Å²) in [6, 6.07) is 5.21. The predicted octanol–water partition coefficient (Wildman–Crippen LogP) is 3.07. The van der Waals surface area contributed by atoms with E-state index in [4.69, 9.17) is 0 Å². The van der Waals surface area contributed by atoms with E-state index in [1.54, 1.807) is 0 Å². The number of rotatable bonds is 3. The zero-order valence-corrected chi connectivity index (χ0v) is 11.6. The lowest BCUT2D eigenvalue weighted by atomic mass is 10.4. The van der Waals surface area contributed by atoms with Crippen LogP contribution in [0, 0.1) is 13.8 Å². The lowest BCUT2D eigenvalue weighted by molar-refractivity contribution is 0.143. The van der Waals surface area contributed by atoms with Crippen LogP contribution in [0.4, 0.5) is 8.78 Å². The zero-order chi connectivity index (χ0) is 14.3. The third-order valence-electron chi connectivity index (χ3n) is 2.94. The fourth-order valence-corrected chi connectivity index (χ4v) is 2.94. The summed E-state index contributed by atoms with van der Waals surface area (Å²) in [5, 5.41) is 12.9. The molecule has 8 heteroatoms. The summed E-state index contributed by atoms with van der Waals surface area (Å²) < 4.78 is 28.7. The first kappa shape index (κ1) is 12.9. The van der Waals surface area contributed by atoms with Crippen molar-refractivity contribution in [3.8, 4) is 10.3 Å². The quantitative estimate of drug-likeness (QED) is 0.746. The van der Waals surface area contributed by atoms with Gasteiger partial charge in [0.25, 0.3) is 6.43 Å². The smallest absolute Gasteiger partial charge is 0.280 e. The number of hydrogen-bond donors (Lipinski definition) is 0. The molecule has 5 nitrogen and oxygen atoms in total. The molecular weight excluding hydrogens is 284 g/mol. The van der Waals surface area contributed by atoms with E-state index in [-0.39, 0.29) is 5.69 Å². The molecule has 20 heavy (non-hydrogen) atoms. The van der Waals surface area contributed by atoms with Crippen LogP contribution in [0.3, 0.4) is 0 Å². The van der Waals surface area contributed by atoms with Gasteiger partial charge in [0.1, 0.15) is 5.69 Å². The monoisotopic (exact) mass is 295 g/mol. The summed E-state index contributed by atoms with van der Waals surface area (Å²) in [5.74, 6) is 0. The molecule has 0 radical (unpaired) electrons. The van der Waals surface area contributed by atoms with Gasteiger partial charge < -0.3 is 0 Å². The molecule has 0 aliphatic rings. The second-order valence-corrected chi connectivity index (χ2v) is 5.22. The van der Waals surface area contributed by atoms with E-state index in [9.17, 15) is 8.78 Å². The first-order chi connectivity index (χ1) is 9.58. The van der Waals surface area contributed by atoms with Crippen molar-refractivity contribution in [2.75, 3.05) is 0 Å². The molecule has 0 aliphatic heterocycles. The Labute approximate surface area is 117 Å². The first-order valence-corrected chi connectivity index (χ1v) is 6.71. The molecule has 3 aromatic rings. The van der Waals surface area contributed by atoms with Gasteiger partial charge in [-0.3, -0.25) is 4.57 Å². The minimum Gasteiger partial charge on any atom is -0.293 e. The van der Waals surface area contributed by atoms with Gasteiger partial charge in [0, 0.05) is 17.6 Å². The fraction of sp³-hybridized carbons (Fsp3) is 0.250. The predicted molar refractivity (Wildman–Crippen MR) is 70.8 cm³/mol. The average molecular weight is 295 g/mol. The summed E-state index contributed by atoms with van der Waals surface area (Å²) >= 11 is 1.22. The minimum atomic E-state index is -2.60. The molecule has 3 heterocycles. The molecule has 3 rings (SSSR count). The van der Waals surface area contributed by atoms with Crippen molar-refractivity contribution in [3.05, 3.63) is 41.5 Å². The van der Waals surface area contributed by atoms with Gasteiger partial charge in [-0.25, -0.2) is 13.5 Å². The molecule has 0 atom stereocenters. The second-order valence-electron chi connectivity index (χ2n) is 4.29. The minimum absolute atomic E-state index is 0.186. The van der Waals surface area contributed by atoms with Crippen LogP contribution < -0.4 is 0 Å². The van der Waals surface area contributed by atoms with Crippen LogP contribution in [-0.2, 0) is 0 Å². The van der Waals surface area contributed by atoms with Crippen molar-refractivity contribution in [2.24, 2.45) is 0 Å². The molecule has 104 valence electrons. The molecule has 0 aliphatic carbocycles. The van der Waals surface area contributed by atoms with Gasteiger partial charge in [0.2, 0.25) is 10.3 Å². The zero-order valence-electron chi connectivity index (χ0n) is 10.8. The number of aryl methyl sites for hydroxylation is 2. The average Bonchev–Trinajstić information content (AvgIpc) is 3.08. The molecule has 0 N–H and O–H groups in total. The number of hydrogen-bond acceptors (Lipinski definition) is 4. The molecule has 0 bridgehead atoms. The SMILES string of the molecule is Cc1ccc(C)n1-c1nnc(-n2nccc2C(F)F)s1. The van der Waals surface area contributed by atoms with Crippen LogP contribution in [0.25, 0.3) is 10.3 Å². The molecule has 0 saturated carbocycles. The van der Waals surface area contributed by atoms with Gasteiger partial charge in [-0.2, -0.15) is 5.10 Å². The summed E-state index contributed by atoms with van der Waals surface area (Å²) in [6.45, 7) is 3.90. The highest BCUT2D eigenvalue weighted by atomic mass is 32.1. The van der Waals surface area contributed by atoms with Gasteiger partial charge in [0.15, 0.2) is 0 Å². The normalized spacial score (nSPS) is 11.4. The van der Waals surface area contributed by atoms with Crippen molar-refractivity contribution < 1.29 is 8.78 Å². The highest BCUT2D eigenvalue weighted by molar-refractivity contribution is 7.16. The van der Waals surface area contributed by atoms with Gasteiger partial charge in [-0.05, 0) is 32.0 Å². The molecular formula is C12H11F2N5S. The van der Waals surface area contributed by atoms with Crippen molar-refractivity contribution in [1.29, 1.82) is 0 Å². The van der Waals surface area contributed by atoms with Crippen LogP contribution in [-0.4, -0.2) is 24.5 Å². The maximum atomic E-state index is 12.8. The van der Waals surface area contributed by atoms with E-state index in [2.05, 4.69) is 15.3 Å². The molecule has 0 amide bonds. The van der Waals surface area contributed by atoms with Crippen molar-refractivity contribution in [2.45, 2.75) is 20.3 Å². The van der Waals surface area contributed by atoms with E-state index < -0.39 is 6.43 Å². The maximum Gasteiger partial charge on any atom is 0.280 e. The summed E-state index contributed by atoms with van der Waals surface area (Å²) in [5.41, 5.74) is 1.84. The summed E-state index contributed by atoms with van der Waals surface area (Å²) in [7, 11) is 0. The van der Waals surface area contributed by atoms with Crippen LogP contribution >= 0.6 is 11.3 Å². The van der Waals surface area contributed by atoms with Gasteiger partial charge in [-0.1, -0.05) is 11.3 Å². The second kappa shape index (κ2) is 4.78. The Hall–Kier alpha value is -2.09. The van der Waals surface area contributed by atoms with E-state index in [0.717, 1.165) is 16.1 Å². The maximum absolute atomic E-state index is 12.8. The van der Waals surface area contributed by atoms with E-state index in [1.165, 1.54) is 23.6 Å². The van der Waals surface area contributed by atoms with E-state index >= 15 is 0 Å². The lowest BCUT2D eigenvalue weighted by Crippen LogP contribution is -2.01.